The van der Waals surface area contributed by atoms with Gasteiger partial charge in [0.05, 0.1) is 13.1 Å². The number of aromatic hydroxyl groups is 1. The molecule has 0 saturated carbocycles. The molecule has 0 radical (unpaired) electrons. The second-order valence-corrected chi connectivity index (χ2v) is 6.24. The Balaban J connectivity index is 1.79. The summed E-state index contributed by atoms with van der Waals surface area (Å²) in [7, 11) is 1.86. The van der Waals surface area contributed by atoms with Crippen molar-refractivity contribution in [3.63, 3.8) is 0 Å². The molecule has 8 heteroatoms. The Morgan fingerprint density at radius 1 is 1.17 bits per heavy atom. The van der Waals surface area contributed by atoms with Crippen molar-refractivity contribution in [1.29, 1.82) is 0 Å². The van der Waals surface area contributed by atoms with Crippen LogP contribution < -0.4 is 15.4 Å². The third-order valence-corrected chi connectivity index (χ3v) is 4.01. The van der Waals surface area contributed by atoms with E-state index in [9.17, 15) is 14.3 Å². The maximum Gasteiger partial charge on any atom is 0.251 e. The number of hydrogen-bond donors (Lipinski definition) is 3. The quantitative estimate of drug-likeness (QED) is 0.340. The fourth-order valence-electron chi connectivity index (χ4n) is 2.48. The van der Waals surface area contributed by atoms with E-state index in [1.165, 1.54) is 18.2 Å². The first kappa shape index (κ1) is 22.0. The first-order valence-corrected chi connectivity index (χ1v) is 9.45. The van der Waals surface area contributed by atoms with Crippen LogP contribution in [0.4, 0.5) is 4.39 Å². The summed E-state index contributed by atoms with van der Waals surface area (Å²) in [5.74, 6) is 0.392. The minimum atomic E-state index is -0.389. The number of hydrogen-bond acceptors (Lipinski definition) is 4. The van der Waals surface area contributed by atoms with Crippen LogP contribution >= 0.6 is 0 Å². The van der Waals surface area contributed by atoms with E-state index in [2.05, 4.69) is 15.6 Å². The SMILES string of the molecule is CCNC(=NCCNC(=O)c1ccc(O)cc1)N(C)CCOc1ccccc1F. The lowest BCUT2D eigenvalue weighted by atomic mass is 10.2. The third-order valence-electron chi connectivity index (χ3n) is 4.01. The van der Waals surface area contributed by atoms with Crippen molar-refractivity contribution in [2.45, 2.75) is 6.92 Å². The summed E-state index contributed by atoms with van der Waals surface area (Å²) in [6.45, 7) is 4.24. The van der Waals surface area contributed by atoms with Crippen LogP contribution in [0.5, 0.6) is 11.5 Å². The number of carbonyl (C=O) groups is 1. The molecule has 156 valence electrons. The van der Waals surface area contributed by atoms with E-state index in [-0.39, 0.29) is 23.2 Å². The zero-order chi connectivity index (χ0) is 21.1. The van der Waals surface area contributed by atoms with Crippen molar-refractivity contribution >= 4 is 11.9 Å². The largest absolute Gasteiger partial charge is 0.508 e. The molecule has 0 heterocycles. The highest BCUT2D eigenvalue weighted by Gasteiger charge is 2.08. The number of nitrogens with zero attached hydrogens (tertiary/aromatic N) is 2. The maximum absolute atomic E-state index is 13.6. The van der Waals surface area contributed by atoms with E-state index in [0.29, 0.717) is 44.3 Å². The summed E-state index contributed by atoms with van der Waals surface area (Å²) in [5, 5.41) is 15.2. The van der Waals surface area contributed by atoms with Gasteiger partial charge in [0, 0.05) is 25.7 Å². The molecule has 0 spiro atoms. The number of ether oxygens (including phenoxy) is 1. The number of amides is 1. The molecule has 0 aliphatic rings. The van der Waals surface area contributed by atoms with Gasteiger partial charge in [-0.05, 0) is 43.3 Å². The van der Waals surface area contributed by atoms with Crippen molar-refractivity contribution in [3.05, 3.63) is 59.9 Å². The summed E-state index contributed by atoms with van der Waals surface area (Å²) in [4.78, 5) is 18.4. The van der Waals surface area contributed by atoms with E-state index in [4.69, 9.17) is 4.74 Å². The average Bonchev–Trinajstić information content (AvgIpc) is 2.72. The predicted molar refractivity (Wildman–Crippen MR) is 111 cm³/mol. The number of benzene rings is 2. The Bertz CT molecular complexity index is 812. The second kappa shape index (κ2) is 11.5. The standard InChI is InChI=1S/C21H27FN4O3/c1-3-23-21(26(2)14-15-29-19-7-5-4-6-18(19)22)25-13-12-24-20(28)16-8-10-17(27)11-9-16/h4-11,27H,3,12-15H2,1-2H3,(H,23,25)(H,24,28). The topological polar surface area (TPSA) is 86.2 Å². The van der Waals surface area contributed by atoms with Crippen molar-refractivity contribution in [1.82, 2.24) is 15.5 Å². The Hall–Kier alpha value is -3.29. The van der Waals surface area contributed by atoms with Gasteiger partial charge in [-0.25, -0.2) is 4.39 Å². The van der Waals surface area contributed by atoms with Gasteiger partial charge in [0.15, 0.2) is 17.5 Å². The van der Waals surface area contributed by atoms with Crippen molar-refractivity contribution in [2.75, 3.05) is 39.8 Å². The van der Waals surface area contributed by atoms with E-state index in [1.807, 2.05) is 18.9 Å². The molecule has 0 fully saturated rings. The zero-order valence-corrected chi connectivity index (χ0v) is 16.7. The molecule has 1 amide bonds. The Labute approximate surface area is 170 Å². The first-order valence-electron chi connectivity index (χ1n) is 9.45. The summed E-state index contributed by atoms with van der Waals surface area (Å²) < 4.78 is 19.1. The number of para-hydroxylation sites is 1. The van der Waals surface area contributed by atoms with Crippen molar-refractivity contribution in [2.24, 2.45) is 4.99 Å². The van der Waals surface area contributed by atoms with Gasteiger partial charge in [-0.15, -0.1) is 0 Å². The van der Waals surface area contributed by atoms with E-state index >= 15 is 0 Å². The molecule has 2 rings (SSSR count). The van der Waals surface area contributed by atoms with Gasteiger partial charge in [-0.2, -0.15) is 0 Å². The molecule has 2 aromatic carbocycles. The smallest absolute Gasteiger partial charge is 0.251 e. The summed E-state index contributed by atoms with van der Waals surface area (Å²) in [6, 6.07) is 12.3. The van der Waals surface area contributed by atoms with Gasteiger partial charge in [0.2, 0.25) is 0 Å². The third kappa shape index (κ3) is 7.33. The zero-order valence-electron chi connectivity index (χ0n) is 16.7. The second-order valence-electron chi connectivity index (χ2n) is 6.24. The highest BCUT2D eigenvalue weighted by atomic mass is 19.1. The molecule has 0 aliphatic carbocycles. The Morgan fingerprint density at radius 2 is 1.90 bits per heavy atom. The molecular formula is C21H27FN4O3. The molecule has 0 aromatic heterocycles. The highest BCUT2D eigenvalue weighted by Crippen LogP contribution is 2.15. The number of aliphatic imine (C=N–C) groups is 1. The number of nitrogens with one attached hydrogen (secondary N) is 2. The fourth-order valence-corrected chi connectivity index (χ4v) is 2.48. The lowest BCUT2D eigenvalue weighted by Gasteiger charge is -2.22. The van der Waals surface area contributed by atoms with Crippen LogP contribution in [0.25, 0.3) is 0 Å². The fraction of sp³-hybridized carbons (Fsp3) is 0.333. The normalized spacial score (nSPS) is 11.1. The van der Waals surface area contributed by atoms with Gasteiger partial charge in [0.1, 0.15) is 12.4 Å². The number of likely N-dealkylation sites (N-methyl/N-ethyl adjacent to an activating group) is 1. The Kier molecular flexibility index (Phi) is 8.75. The summed E-state index contributed by atoms with van der Waals surface area (Å²) >= 11 is 0. The maximum atomic E-state index is 13.6. The minimum absolute atomic E-state index is 0.114. The molecule has 7 nitrogen and oxygen atoms in total. The van der Waals surface area contributed by atoms with Crippen molar-refractivity contribution in [3.8, 4) is 11.5 Å². The highest BCUT2D eigenvalue weighted by molar-refractivity contribution is 5.94. The number of phenols is 1. The molecule has 0 saturated heterocycles. The molecular weight excluding hydrogens is 375 g/mol. The lowest BCUT2D eigenvalue weighted by molar-refractivity contribution is 0.0955. The van der Waals surface area contributed by atoms with Crippen LogP contribution in [-0.2, 0) is 0 Å². The van der Waals surface area contributed by atoms with Crippen LogP contribution in [0.3, 0.4) is 0 Å². The van der Waals surface area contributed by atoms with Crippen LogP contribution in [0, 0.1) is 5.82 Å². The predicted octanol–water partition coefficient (Wildman–Crippen LogP) is 2.24. The molecule has 3 N–H and O–H groups in total. The van der Waals surface area contributed by atoms with Gasteiger partial charge in [-0.1, -0.05) is 12.1 Å². The van der Waals surface area contributed by atoms with E-state index in [1.54, 1.807) is 30.3 Å². The van der Waals surface area contributed by atoms with Gasteiger partial charge >= 0.3 is 0 Å². The first-order chi connectivity index (χ1) is 14.0. The number of carbonyl (C=O) groups excluding carboxylic acids is 1. The van der Waals surface area contributed by atoms with Crippen LogP contribution in [0.2, 0.25) is 0 Å². The van der Waals surface area contributed by atoms with Gasteiger partial charge in [-0.3, -0.25) is 9.79 Å². The number of guanidine groups is 1. The number of rotatable bonds is 9. The lowest BCUT2D eigenvalue weighted by Crippen LogP contribution is -2.41. The summed E-state index contributed by atoms with van der Waals surface area (Å²) in [5.41, 5.74) is 0.473. The molecule has 0 bridgehead atoms. The van der Waals surface area contributed by atoms with Crippen LogP contribution in [0.15, 0.2) is 53.5 Å². The molecule has 0 aliphatic heterocycles. The Morgan fingerprint density at radius 3 is 2.59 bits per heavy atom. The molecule has 29 heavy (non-hydrogen) atoms. The van der Waals surface area contributed by atoms with Crippen LogP contribution in [0.1, 0.15) is 17.3 Å². The van der Waals surface area contributed by atoms with Gasteiger partial charge < -0.3 is 25.4 Å². The molecule has 0 atom stereocenters. The number of halogens is 1. The minimum Gasteiger partial charge on any atom is -0.508 e. The average molecular weight is 402 g/mol. The number of phenolic OH excluding ortho intramolecular Hbond substituents is 1. The van der Waals surface area contributed by atoms with Gasteiger partial charge in [0.25, 0.3) is 5.91 Å². The van der Waals surface area contributed by atoms with E-state index in [0.717, 1.165) is 0 Å². The molecule has 2 aromatic rings. The van der Waals surface area contributed by atoms with Crippen molar-refractivity contribution < 1.29 is 19.0 Å². The molecule has 0 unspecified atom stereocenters. The monoisotopic (exact) mass is 402 g/mol. The van der Waals surface area contributed by atoms with Crippen LogP contribution in [-0.4, -0.2) is 61.7 Å². The van der Waals surface area contributed by atoms with E-state index < -0.39 is 0 Å². The summed E-state index contributed by atoms with van der Waals surface area (Å²) in [6.07, 6.45) is 0.